The highest BCUT2D eigenvalue weighted by Crippen LogP contribution is 2.29. The molecule has 2 heterocycles. The van der Waals surface area contributed by atoms with Gasteiger partial charge in [-0.25, -0.2) is 0 Å². The molecule has 2 aromatic rings. The van der Waals surface area contributed by atoms with E-state index in [0.29, 0.717) is 23.1 Å². The third-order valence-electron chi connectivity index (χ3n) is 2.37. The van der Waals surface area contributed by atoms with Gasteiger partial charge in [-0.05, 0) is 13.3 Å². The zero-order valence-electron chi connectivity index (χ0n) is 8.76. The number of nitrogens with one attached hydrogen (secondary N) is 1. The SMILES string of the molecule is CCCC(=O)c1c(N)oc2n[nH]c(C)c12. The lowest BCUT2D eigenvalue weighted by molar-refractivity contribution is 0.0983. The Morgan fingerprint density at radius 3 is 3.00 bits per heavy atom. The van der Waals surface area contributed by atoms with Gasteiger partial charge in [-0.1, -0.05) is 6.92 Å². The fourth-order valence-electron chi connectivity index (χ4n) is 1.68. The van der Waals surface area contributed by atoms with Crippen LogP contribution in [0.1, 0.15) is 35.8 Å². The van der Waals surface area contributed by atoms with Crippen LogP contribution in [0.15, 0.2) is 4.42 Å². The summed E-state index contributed by atoms with van der Waals surface area (Å²) in [7, 11) is 0. The molecule has 2 rings (SSSR count). The van der Waals surface area contributed by atoms with Crippen molar-refractivity contribution in [3.05, 3.63) is 11.3 Å². The van der Waals surface area contributed by atoms with Crippen molar-refractivity contribution in [2.24, 2.45) is 0 Å². The maximum absolute atomic E-state index is 11.8. The topological polar surface area (TPSA) is 84.9 Å². The van der Waals surface area contributed by atoms with Crippen LogP contribution in [0.25, 0.3) is 11.1 Å². The van der Waals surface area contributed by atoms with Gasteiger partial charge in [0.05, 0.1) is 10.9 Å². The van der Waals surface area contributed by atoms with Crippen molar-refractivity contribution in [1.82, 2.24) is 10.2 Å². The number of aromatic nitrogens is 2. The number of carbonyl (C=O) groups is 1. The number of furan rings is 1. The molecule has 2 aromatic heterocycles. The van der Waals surface area contributed by atoms with Gasteiger partial charge in [-0.2, -0.15) is 0 Å². The van der Waals surface area contributed by atoms with E-state index in [-0.39, 0.29) is 11.7 Å². The second-order valence-corrected chi connectivity index (χ2v) is 3.54. The van der Waals surface area contributed by atoms with Crippen molar-refractivity contribution in [3.8, 4) is 0 Å². The molecule has 0 aliphatic carbocycles. The Balaban J connectivity index is 2.61. The Bertz CT molecular complexity index is 510. The lowest BCUT2D eigenvalue weighted by Crippen LogP contribution is -2.01. The van der Waals surface area contributed by atoms with Crippen LogP contribution in [-0.2, 0) is 0 Å². The van der Waals surface area contributed by atoms with Gasteiger partial charge in [-0.3, -0.25) is 9.89 Å². The molecule has 0 fully saturated rings. The summed E-state index contributed by atoms with van der Waals surface area (Å²) in [6, 6.07) is 0. The summed E-state index contributed by atoms with van der Waals surface area (Å²) in [6.07, 6.45) is 1.27. The van der Waals surface area contributed by atoms with Gasteiger partial charge < -0.3 is 10.2 Å². The quantitative estimate of drug-likeness (QED) is 0.754. The van der Waals surface area contributed by atoms with Crippen molar-refractivity contribution in [1.29, 1.82) is 0 Å². The van der Waals surface area contributed by atoms with Gasteiger partial charge in [0.25, 0.3) is 0 Å². The first-order chi connectivity index (χ1) is 7.15. The van der Waals surface area contributed by atoms with Crippen LogP contribution >= 0.6 is 0 Å². The summed E-state index contributed by atoms with van der Waals surface area (Å²) in [5.74, 6) is 0.182. The number of fused-ring (bicyclic) bond motifs is 1. The normalized spacial score (nSPS) is 11.1. The molecular formula is C10H13N3O2. The van der Waals surface area contributed by atoms with Crippen molar-refractivity contribution < 1.29 is 9.21 Å². The fraction of sp³-hybridized carbons (Fsp3) is 0.400. The minimum absolute atomic E-state index is 0.0123. The number of H-pyrrole nitrogens is 1. The van der Waals surface area contributed by atoms with Gasteiger partial charge in [0.1, 0.15) is 0 Å². The number of hydrogen-bond donors (Lipinski definition) is 2. The number of Topliss-reactive ketones (excluding diaryl/α,β-unsaturated/α-hetero) is 1. The van der Waals surface area contributed by atoms with E-state index >= 15 is 0 Å². The summed E-state index contributed by atoms with van der Waals surface area (Å²) in [5.41, 5.74) is 7.34. The molecule has 0 saturated heterocycles. The number of nitrogens with two attached hydrogens (primary N) is 1. The van der Waals surface area contributed by atoms with Crippen LogP contribution in [0.3, 0.4) is 0 Å². The molecule has 5 heteroatoms. The van der Waals surface area contributed by atoms with Gasteiger partial charge in [0, 0.05) is 12.1 Å². The van der Waals surface area contributed by atoms with E-state index in [1.807, 2.05) is 13.8 Å². The molecule has 0 aliphatic rings. The number of nitrogen functional groups attached to an aromatic ring is 1. The second kappa shape index (κ2) is 3.42. The molecule has 80 valence electrons. The first kappa shape index (κ1) is 9.76. The average molecular weight is 207 g/mol. The highest BCUT2D eigenvalue weighted by molar-refractivity contribution is 6.11. The number of anilines is 1. The molecule has 0 aliphatic heterocycles. The van der Waals surface area contributed by atoms with Crippen LogP contribution in [0.5, 0.6) is 0 Å². The van der Waals surface area contributed by atoms with Gasteiger partial charge in [-0.15, -0.1) is 5.10 Å². The van der Waals surface area contributed by atoms with Crippen molar-refractivity contribution >= 4 is 22.8 Å². The highest BCUT2D eigenvalue weighted by Gasteiger charge is 2.21. The van der Waals surface area contributed by atoms with Gasteiger partial charge >= 0.3 is 0 Å². The van der Waals surface area contributed by atoms with Gasteiger partial charge in [0.15, 0.2) is 5.78 Å². The largest absolute Gasteiger partial charge is 0.420 e. The van der Waals surface area contributed by atoms with E-state index in [2.05, 4.69) is 10.2 Å². The first-order valence-corrected chi connectivity index (χ1v) is 4.91. The maximum Gasteiger partial charge on any atom is 0.248 e. The Morgan fingerprint density at radius 1 is 1.60 bits per heavy atom. The Hall–Kier alpha value is -1.78. The Labute approximate surface area is 86.6 Å². The molecule has 0 amide bonds. The van der Waals surface area contributed by atoms with Crippen molar-refractivity contribution in [3.63, 3.8) is 0 Å². The third kappa shape index (κ3) is 1.40. The van der Waals surface area contributed by atoms with E-state index in [1.165, 1.54) is 0 Å². The molecule has 0 radical (unpaired) electrons. The minimum Gasteiger partial charge on any atom is -0.420 e. The molecular weight excluding hydrogens is 194 g/mol. The summed E-state index contributed by atoms with van der Waals surface area (Å²) in [6.45, 7) is 3.79. The van der Waals surface area contributed by atoms with Crippen molar-refractivity contribution in [2.75, 3.05) is 5.73 Å². The smallest absolute Gasteiger partial charge is 0.248 e. The number of ketones is 1. The standard InChI is InChI=1S/C10H13N3O2/c1-3-4-6(14)8-7-5(2)12-13-10(7)15-9(8)11/h3-4,11H2,1-2H3,(H,12,13). The monoisotopic (exact) mass is 207 g/mol. The van der Waals surface area contributed by atoms with E-state index in [1.54, 1.807) is 0 Å². The molecule has 0 spiro atoms. The molecule has 3 N–H and O–H groups in total. The highest BCUT2D eigenvalue weighted by atomic mass is 16.4. The van der Waals surface area contributed by atoms with Crippen molar-refractivity contribution in [2.45, 2.75) is 26.7 Å². The predicted octanol–water partition coefficient (Wildman–Crippen LogP) is 2.03. The molecule has 5 nitrogen and oxygen atoms in total. The van der Waals surface area contributed by atoms with Crippen LogP contribution in [-0.4, -0.2) is 16.0 Å². The lowest BCUT2D eigenvalue weighted by Gasteiger charge is -1.96. The number of carbonyl (C=O) groups excluding carboxylic acids is 1. The maximum atomic E-state index is 11.8. The van der Waals surface area contributed by atoms with Crippen LogP contribution in [0, 0.1) is 6.92 Å². The predicted molar refractivity (Wildman–Crippen MR) is 56.7 cm³/mol. The summed E-state index contributed by atoms with van der Waals surface area (Å²) >= 11 is 0. The van der Waals surface area contributed by atoms with E-state index in [9.17, 15) is 4.79 Å². The molecule has 0 aromatic carbocycles. The number of aromatic amines is 1. The van der Waals surface area contributed by atoms with E-state index in [4.69, 9.17) is 10.2 Å². The van der Waals surface area contributed by atoms with E-state index < -0.39 is 0 Å². The Morgan fingerprint density at radius 2 is 2.33 bits per heavy atom. The van der Waals surface area contributed by atoms with Crippen LogP contribution < -0.4 is 5.73 Å². The average Bonchev–Trinajstić information content (AvgIpc) is 2.67. The van der Waals surface area contributed by atoms with Gasteiger partial charge in [0.2, 0.25) is 11.6 Å². The first-order valence-electron chi connectivity index (χ1n) is 4.91. The van der Waals surface area contributed by atoms with Crippen LogP contribution in [0.4, 0.5) is 5.88 Å². The molecule has 0 saturated carbocycles. The second-order valence-electron chi connectivity index (χ2n) is 3.54. The number of nitrogens with zero attached hydrogens (tertiary/aromatic N) is 1. The lowest BCUT2D eigenvalue weighted by atomic mass is 10.1. The summed E-state index contributed by atoms with van der Waals surface area (Å²) in [5, 5.41) is 7.40. The summed E-state index contributed by atoms with van der Waals surface area (Å²) in [4.78, 5) is 11.8. The third-order valence-corrected chi connectivity index (χ3v) is 2.37. The van der Waals surface area contributed by atoms with Crippen LogP contribution in [0.2, 0.25) is 0 Å². The number of rotatable bonds is 3. The van der Waals surface area contributed by atoms with E-state index in [0.717, 1.165) is 12.1 Å². The Kier molecular flexibility index (Phi) is 2.22. The number of aryl methyl sites for hydroxylation is 1. The molecule has 15 heavy (non-hydrogen) atoms. The minimum atomic E-state index is 0.0123. The summed E-state index contributed by atoms with van der Waals surface area (Å²) < 4.78 is 5.20. The molecule has 0 bridgehead atoms. The molecule has 0 unspecified atom stereocenters. The zero-order chi connectivity index (χ0) is 11.0. The molecule has 0 atom stereocenters. The zero-order valence-corrected chi connectivity index (χ0v) is 8.76. The number of hydrogen-bond acceptors (Lipinski definition) is 4. The fourth-order valence-corrected chi connectivity index (χ4v) is 1.68.